The minimum atomic E-state index is -0.205. The Bertz CT molecular complexity index is 1540. The van der Waals surface area contributed by atoms with Crippen molar-refractivity contribution in [2.24, 2.45) is 0 Å². The number of anilines is 1. The van der Waals surface area contributed by atoms with Crippen molar-refractivity contribution >= 4 is 56.7 Å². The molecule has 0 atom stereocenters. The first-order chi connectivity index (χ1) is 16.4. The summed E-state index contributed by atoms with van der Waals surface area (Å²) >= 11 is 2.18. The SMILES string of the molecule is COc1cccc(-n2c(/C=C3\C(=O)N(C(C)C)c4ccccc43)nc3ccc(I)cc3c2=O)c1. The summed E-state index contributed by atoms with van der Waals surface area (Å²) in [6.45, 7) is 3.97. The number of fused-ring (bicyclic) bond motifs is 2. The normalized spacial score (nSPS) is 14.3. The molecule has 0 saturated carbocycles. The van der Waals surface area contributed by atoms with E-state index in [1.54, 1.807) is 28.7 Å². The summed E-state index contributed by atoms with van der Waals surface area (Å²) in [6, 6.07) is 20.5. The molecule has 0 fully saturated rings. The molecule has 0 aliphatic carbocycles. The molecule has 6 nitrogen and oxygen atoms in total. The van der Waals surface area contributed by atoms with Crippen molar-refractivity contribution in [3.8, 4) is 11.4 Å². The van der Waals surface area contributed by atoms with Gasteiger partial charge in [-0.25, -0.2) is 4.98 Å². The number of para-hydroxylation sites is 1. The molecule has 3 aromatic carbocycles. The molecule has 0 saturated heterocycles. The largest absolute Gasteiger partial charge is 0.497 e. The van der Waals surface area contributed by atoms with Crippen LogP contribution in [-0.4, -0.2) is 28.6 Å². The van der Waals surface area contributed by atoms with E-state index in [1.807, 2.05) is 74.5 Å². The van der Waals surface area contributed by atoms with E-state index in [0.29, 0.717) is 33.7 Å². The average molecular weight is 563 g/mol. The lowest BCUT2D eigenvalue weighted by molar-refractivity contribution is -0.113. The number of ether oxygens (including phenoxy) is 1. The van der Waals surface area contributed by atoms with Gasteiger partial charge in [0.15, 0.2) is 0 Å². The highest BCUT2D eigenvalue weighted by Gasteiger charge is 2.34. The van der Waals surface area contributed by atoms with E-state index in [2.05, 4.69) is 22.6 Å². The quantitative estimate of drug-likeness (QED) is 0.250. The van der Waals surface area contributed by atoms with E-state index in [-0.39, 0.29) is 17.5 Å². The van der Waals surface area contributed by atoms with Crippen molar-refractivity contribution in [2.75, 3.05) is 12.0 Å². The lowest BCUT2D eigenvalue weighted by Crippen LogP contribution is -2.33. The fraction of sp³-hybridized carbons (Fsp3) is 0.148. The fourth-order valence-corrected chi connectivity index (χ4v) is 4.81. The van der Waals surface area contributed by atoms with Gasteiger partial charge in [-0.05, 0) is 78.9 Å². The first kappa shape index (κ1) is 22.3. The number of nitrogens with zero attached hydrogens (tertiary/aromatic N) is 3. The Balaban J connectivity index is 1.82. The van der Waals surface area contributed by atoms with Crippen LogP contribution in [0.2, 0.25) is 0 Å². The van der Waals surface area contributed by atoms with Crippen LogP contribution < -0.4 is 15.2 Å². The number of hydrogen-bond donors (Lipinski definition) is 0. The number of amides is 1. The standard InChI is InChI=1S/C27H22IN3O3/c1-16(2)30-24-10-5-4-9-20(24)21(26(30)32)15-25-29-23-12-11-17(28)13-22(23)27(33)31(25)18-7-6-8-19(14-18)34-3/h4-16H,1-3H3/b21-15-. The lowest BCUT2D eigenvalue weighted by atomic mass is 10.1. The third-order valence-electron chi connectivity index (χ3n) is 5.86. The van der Waals surface area contributed by atoms with E-state index in [0.717, 1.165) is 14.8 Å². The van der Waals surface area contributed by atoms with Gasteiger partial charge in [-0.1, -0.05) is 24.3 Å². The van der Waals surface area contributed by atoms with Gasteiger partial charge in [0.2, 0.25) is 0 Å². The van der Waals surface area contributed by atoms with Gasteiger partial charge in [0, 0.05) is 21.2 Å². The summed E-state index contributed by atoms with van der Waals surface area (Å²) in [5.41, 5.74) is 3.19. The van der Waals surface area contributed by atoms with Gasteiger partial charge in [-0.3, -0.25) is 14.2 Å². The Hall–Kier alpha value is -3.46. The highest BCUT2D eigenvalue weighted by atomic mass is 127. The monoisotopic (exact) mass is 563 g/mol. The molecule has 4 aromatic rings. The zero-order valence-corrected chi connectivity index (χ0v) is 21.1. The molecule has 1 aliphatic rings. The zero-order valence-electron chi connectivity index (χ0n) is 18.9. The van der Waals surface area contributed by atoms with Gasteiger partial charge in [0.25, 0.3) is 11.5 Å². The predicted octanol–water partition coefficient (Wildman–Crippen LogP) is 5.29. The van der Waals surface area contributed by atoms with Gasteiger partial charge in [-0.2, -0.15) is 0 Å². The average Bonchev–Trinajstić information content (AvgIpc) is 3.11. The van der Waals surface area contributed by atoms with Crippen molar-refractivity contribution in [3.63, 3.8) is 0 Å². The first-order valence-electron chi connectivity index (χ1n) is 10.9. The van der Waals surface area contributed by atoms with Crippen LogP contribution in [-0.2, 0) is 4.79 Å². The Kier molecular flexibility index (Phi) is 5.73. The lowest BCUT2D eigenvalue weighted by Gasteiger charge is -2.21. The molecule has 34 heavy (non-hydrogen) atoms. The van der Waals surface area contributed by atoms with Crippen LogP contribution in [0.15, 0.2) is 71.5 Å². The summed E-state index contributed by atoms with van der Waals surface area (Å²) < 4.78 is 7.87. The summed E-state index contributed by atoms with van der Waals surface area (Å²) in [5.74, 6) is 0.903. The second kappa shape index (κ2) is 8.72. The van der Waals surface area contributed by atoms with Crippen LogP contribution in [0.25, 0.3) is 28.2 Å². The number of methoxy groups -OCH3 is 1. The number of benzene rings is 3. The Morgan fingerprint density at radius 2 is 1.79 bits per heavy atom. The van der Waals surface area contributed by atoms with Crippen LogP contribution in [0.4, 0.5) is 5.69 Å². The molecule has 7 heteroatoms. The third kappa shape index (κ3) is 3.69. The van der Waals surface area contributed by atoms with Crippen LogP contribution in [0, 0.1) is 3.57 Å². The molecule has 0 radical (unpaired) electrons. The van der Waals surface area contributed by atoms with Gasteiger partial charge < -0.3 is 9.64 Å². The molecule has 170 valence electrons. The van der Waals surface area contributed by atoms with E-state index in [1.165, 1.54) is 0 Å². The Labute approximate surface area is 210 Å². The van der Waals surface area contributed by atoms with Gasteiger partial charge in [0.1, 0.15) is 11.6 Å². The summed E-state index contributed by atoms with van der Waals surface area (Å²) in [4.78, 5) is 33.8. The smallest absolute Gasteiger partial charge is 0.266 e. The maximum atomic E-state index is 13.7. The molecule has 0 unspecified atom stereocenters. The number of rotatable bonds is 4. The highest BCUT2D eigenvalue weighted by Crippen LogP contribution is 2.38. The van der Waals surface area contributed by atoms with Crippen molar-refractivity contribution < 1.29 is 9.53 Å². The number of hydrogen-bond acceptors (Lipinski definition) is 4. The number of aromatic nitrogens is 2. The molecular formula is C27H22IN3O3. The Morgan fingerprint density at radius 1 is 1.00 bits per heavy atom. The maximum absolute atomic E-state index is 13.7. The summed E-state index contributed by atoms with van der Waals surface area (Å²) in [7, 11) is 1.58. The topological polar surface area (TPSA) is 64.4 Å². The third-order valence-corrected chi connectivity index (χ3v) is 6.53. The molecule has 1 aromatic heterocycles. The van der Waals surface area contributed by atoms with Crippen LogP contribution in [0.1, 0.15) is 25.2 Å². The Morgan fingerprint density at radius 3 is 2.56 bits per heavy atom. The molecule has 5 rings (SSSR count). The van der Waals surface area contributed by atoms with Gasteiger partial charge in [0.05, 0.1) is 35.0 Å². The van der Waals surface area contributed by atoms with E-state index in [4.69, 9.17) is 9.72 Å². The minimum absolute atomic E-state index is 0.00762. The van der Waals surface area contributed by atoms with Gasteiger partial charge >= 0.3 is 0 Å². The highest BCUT2D eigenvalue weighted by molar-refractivity contribution is 14.1. The van der Waals surface area contributed by atoms with Crippen molar-refractivity contribution in [2.45, 2.75) is 19.9 Å². The molecule has 0 spiro atoms. The van der Waals surface area contributed by atoms with Crippen molar-refractivity contribution in [1.29, 1.82) is 0 Å². The second-order valence-electron chi connectivity index (χ2n) is 8.32. The second-order valence-corrected chi connectivity index (χ2v) is 9.56. The fourth-order valence-electron chi connectivity index (χ4n) is 4.32. The maximum Gasteiger partial charge on any atom is 0.266 e. The molecular weight excluding hydrogens is 541 g/mol. The number of carbonyl (C=O) groups excluding carboxylic acids is 1. The predicted molar refractivity (Wildman–Crippen MR) is 144 cm³/mol. The zero-order chi connectivity index (χ0) is 24.0. The molecule has 0 bridgehead atoms. The van der Waals surface area contributed by atoms with E-state index < -0.39 is 0 Å². The summed E-state index contributed by atoms with van der Waals surface area (Å²) in [6.07, 6.45) is 1.72. The summed E-state index contributed by atoms with van der Waals surface area (Å²) in [5, 5.41) is 0.513. The number of halogens is 1. The van der Waals surface area contributed by atoms with Crippen molar-refractivity contribution in [3.05, 3.63) is 92.0 Å². The van der Waals surface area contributed by atoms with Gasteiger partial charge in [-0.15, -0.1) is 0 Å². The first-order valence-corrected chi connectivity index (χ1v) is 12.0. The molecule has 1 aliphatic heterocycles. The van der Waals surface area contributed by atoms with Crippen LogP contribution >= 0.6 is 22.6 Å². The minimum Gasteiger partial charge on any atom is -0.497 e. The van der Waals surface area contributed by atoms with Crippen molar-refractivity contribution in [1.82, 2.24) is 9.55 Å². The molecule has 0 N–H and O–H groups in total. The molecule has 2 heterocycles. The van der Waals surface area contributed by atoms with Crippen LogP contribution in [0.3, 0.4) is 0 Å². The van der Waals surface area contributed by atoms with Crippen LogP contribution in [0.5, 0.6) is 5.75 Å². The van der Waals surface area contributed by atoms with E-state index >= 15 is 0 Å². The molecule has 1 amide bonds. The van der Waals surface area contributed by atoms with E-state index in [9.17, 15) is 9.59 Å². The number of carbonyl (C=O) groups is 1.